The molecule has 0 fully saturated rings. The van der Waals surface area contributed by atoms with Crippen LogP contribution in [0.3, 0.4) is 0 Å². The fourth-order valence-electron chi connectivity index (χ4n) is 3.91. The minimum Gasteiger partial charge on any atom is -0.478 e. The number of halogens is 1. The summed E-state index contributed by atoms with van der Waals surface area (Å²) in [5.41, 5.74) is 3.85. The first-order chi connectivity index (χ1) is 16.0. The van der Waals surface area contributed by atoms with Crippen LogP contribution in [-0.2, 0) is 13.1 Å². The van der Waals surface area contributed by atoms with Gasteiger partial charge in [-0.1, -0.05) is 41.0 Å². The summed E-state index contributed by atoms with van der Waals surface area (Å²) in [6.45, 7) is 0.789. The smallest absolute Gasteiger partial charge is 0.335 e. The van der Waals surface area contributed by atoms with Crippen molar-refractivity contribution in [2.45, 2.75) is 13.1 Å². The van der Waals surface area contributed by atoms with Crippen LogP contribution in [0.1, 0.15) is 31.8 Å². The molecule has 0 unspecified atom stereocenters. The van der Waals surface area contributed by atoms with Crippen molar-refractivity contribution in [2.75, 3.05) is 0 Å². The van der Waals surface area contributed by atoms with E-state index in [1.807, 2.05) is 41.1 Å². The highest BCUT2D eigenvalue weighted by molar-refractivity contribution is 6.30. The highest BCUT2D eigenvalue weighted by Gasteiger charge is 2.19. The second-order valence-corrected chi connectivity index (χ2v) is 8.13. The largest absolute Gasteiger partial charge is 0.478 e. The van der Waals surface area contributed by atoms with Gasteiger partial charge in [0.1, 0.15) is 0 Å². The number of carboxylic acid groups (broad SMARTS) is 1. The summed E-state index contributed by atoms with van der Waals surface area (Å²) in [5.74, 6) is -1.24. The Balaban J connectivity index is 1.49. The molecule has 5 aromatic rings. The van der Waals surface area contributed by atoms with E-state index in [1.165, 1.54) is 12.1 Å². The number of carbonyl (C=O) groups excluding carboxylic acids is 1. The molecule has 33 heavy (non-hydrogen) atoms. The number of fused-ring (bicyclic) bond motifs is 3. The molecular formula is C25H18ClN3O4. The summed E-state index contributed by atoms with van der Waals surface area (Å²) in [6, 6.07) is 17.7. The van der Waals surface area contributed by atoms with Crippen molar-refractivity contribution in [3.8, 4) is 0 Å². The van der Waals surface area contributed by atoms with E-state index in [1.54, 1.807) is 24.4 Å². The molecule has 8 heteroatoms. The molecule has 0 atom stereocenters. The van der Waals surface area contributed by atoms with Gasteiger partial charge in [0.2, 0.25) is 0 Å². The van der Waals surface area contributed by atoms with Crippen LogP contribution >= 0.6 is 11.6 Å². The highest BCUT2D eigenvalue weighted by atomic mass is 35.5. The zero-order valence-corrected chi connectivity index (χ0v) is 18.0. The number of carboxylic acids is 1. The Morgan fingerprint density at radius 2 is 1.88 bits per heavy atom. The molecule has 2 N–H and O–H groups in total. The van der Waals surface area contributed by atoms with Gasteiger partial charge in [-0.15, -0.1) is 0 Å². The third-order valence-electron chi connectivity index (χ3n) is 5.50. The van der Waals surface area contributed by atoms with Crippen LogP contribution in [0, 0.1) is 0 Å². The van der Waals surface area contributed by atoms with E-state index < -0.39 is 5.97 Å². The van der Waals surface area contributed by atoms with E-state index in [-0.39, 0.29) is 18.0 Å². The number of hydrogen-bond acceptors (Lipinski definition) is 4. The molecule has 0 radical (unpaired) electrons. The highest BCUT2D eigenvalue weighted by Crippen LogP contribution is 2.30. The van der Waals surface area contributed by atoms with E-state index in [2.05, 4.69) is 10.5 Å². The fourth-order valence-corrected chi connectivity index (χ4v) is 4.13. The van der Waals surface area contributed by atoms with Crippen LogP contribution in [0.25, 0.3) is 21.9 Å². The molecule has 0 saturated carbocycles. The van der Waals surface area contributed by atoms with Crippen molar-refractivity contribution in [2.24, 2.45) is 0 Å². The first-order valence-electron chi connectivity index (χ1n) is 10.2. The quantitative estimate of drug-likeness (QED) is 0.367. The lowest BCUT2D eigenvalue weighted by atomic mass is 10.1. The van der Waals surface area contributed by atoms with Gasteiger partial charge in [0.05, 0.1) is 22.8 Å². The fraction of sp³-hybridized carbons (Fsp3) is 0.0800. The predicted octanol–water partition coefficient (Wildman–Crippen LogP) is 5.11. The summed E-state index contributed by atoms with van der Waals surface area (Å²) in [7, 11) is 0. The van der Waals surface area contributed by atoms with Crippen LogP contribution in [0.15, 0.2) is 77.6 Å². The monoisotopic (exact) mass is 459 g/mol. The summed E-state index contributed by atoms with van der Waals surface area (Å²) in [6.07, 6.45) is 3.50. The number of benzene rings is 3. The van der Waals surface area contributed by atoms with Crippen LogP contribution in [0.4, 0.5) is 0 Å². The molecule has 0 spiro atoms. The lowest BCUT2D eigenvalue weighted by Gasteiger charge is -2.12. The van der Waals surface area contributed by atoms with Crippen molar-refractivity contribution in [3.63, 3.8) is 0 Å². The molecule has 7 nitrogen and oxygen atoms in total. The molecule has 0 saturated heterocycles. The van der Waals surface area contributed by atoms with Gasteiger partial charge < -0.3 is 19.5 Å². The second-order valence-electron chi connectivity index (χ2n) is 7.69. The number of carbonyl (C=O) groups is 2. The molecule has 0 bridgehead atoms. The van der Waals surface area contributed by atoms with E-state index in [4.69, 9.17) is 21.2 Å². The van der Waals surface area contributed by atoms with Gasteiger partial charge in [-0.2, -0.15) is 0 Å². The number of nitrogens with one attached hydrogen (secondary N) is 1. The topological polar surface area (TPSA) is 97.4 Å². The number of aromatic nitrogens is 2. The van der Waals surface area contributed by atoms with Crippen molar-refractivity contribution in [3.05, 3.63) is 100 Å². The Hall–Kier alpha value is -4.10. The SMILES string of the molecule is O=C(O)c1ccc(CNC(=O)c2cc3cnoc3c3ccn(Cc4cccc(Cl)c4)c23)cc1. The summed E-state index contributed by atoms with van der Waals surface area (Å²) >= 11 is 6.15. The first-order valence-corrected chi connectivity index (χ1v) is 10.6. The van der Waals surface area contributed by atoms with Gasteiger partial charge in [0.25, 0.3) is 5.91 Å². The maximum Gasteiger partial charge on any atom is 0.335 e. The molecular weight excluding hydrogens is 442 g/mol. The minimum atomic E-state index is -0.990. The van der Waals surface area contributed by atoms with Crippen LogP contribution in [0.2, 0.25) is 5.02 Å². The van der Waals surface area contributed by atoms with E-state index in [0.717, 1.165) is 27.4 Å². The number of nitrogens with zero attached hydrogens (tertiary/aromatic N) is 2. The molecule has 0 aliphatic heterocycles. The number of rotatable bonds is 6. The van der Waals surface area contributed by atoms with Crippen molar-refractivity contribution < 1.29 is 19.2 Å². The minimum absolute atomic E-state index is 0.198. The van der Waals surface area contributed by atoms with Gasteiger partial charge in [-0.05, 0) is 47.5 Å². The summed E-state index contributed by atoms with van der Waals surface area (Å²) < 4.78 is 7.43. The normalized spacial score (nSPS) is 11.2. The van der Waals surface area contributed by atoms with Gasteiger partial charge in [0.15, 0.2) is 5.58 Å². The van der Waals surface area contributed by atoms with E-state index >= 15 is 0 Å². The molecule has 164 valence electrons. The van der Waals surface area contributed by atoms with Crippen LogP contribution in [0.5, 0.6) is 0 Å². The Kier molecular flexibility index (Phi) is 5.32. The molecule has 5 rings (SSSR count). The summed E-state index contributed by atoms with van der Waals surface area (Å²) in [5, 5.41) is 18.0. The van der Waals surface area contributed by atoms with Gasteiger partial charge in [-0.3, -0.25) is 4.79 Å². The molecule has 1 amide bonds. The van der Waals surface area contributed by atoms with Crippen molar-refractivity contribution in [1.82, 2.24) is 15.0 Å². The zero-order chi connectivity index (χ0) is 22.9. The van der Waals surface area contributed by atoms with Gasteiger partial charge in [-0.25, -0.2) is 4.79 Å². The van der Waals surface area contributed by atoms with Crippen molar-refractivity contribution in [1.29, 1.82) is 0 Å². The van der Waals surface area contributed by atoms with Gasteiger partial charge >= 0.3 is 5.97 Å². The molecule has 2 aromatic heterocycles. The van der Waals surface area contributed by atoms with E-state index in [9.17, 15) is 9.59 Å². The maximum absolute atomic E-state index is 13.2. The lowest BCUT2D eigenvalue weighted by molar-refractivity contribution is 0.0696. The molecule has 0 aliphatic rings. The Labute approximate surface area is 193 Å². The third-order valence-corrected chi connectivity index (χ3v) is 5.74. The number of hydrogen-bond donors (Lipinski definition) is 2. The Bertz CT molecular complexity index is 1500. The number of aromatic carboxylic acids is 1. The second kappa shape index (κ2) is 8.44. The first kappa shape index (κ1) is 20.8. The third kappa shape index (κ3) is 4.06. The zero-order valence-electron chi connectivity index (χ0n) is 17.3. The van der Waals surface area contributed by atoms with E-state index in [0.29, 0.717) is 22.7 Å². The van der Waals surface area contributed by atoms with Crippen molar-refractivity contribution >= 4 is 45.3 Å². The number of amides is 1. The molecule has 0 aliphatic carbocycles. The molecule has 3 aromatic carbocycles. The average molecular weight is 460 g/mol. The Morgan fingerprint density at radius 1 is 1.06 bits per heavy atom. The average Bonchev–Trinajstić information content (AvgIpc) is 3.44. The standard InChI is InChI=1S/C25H18ClN3O4/c26-19-3-1-2-16(10-19)14-29-9-8-20-22(29)21(11-18-13-28-33-23(18)20)24(30)27-12-15-4-6-17(7-5-15)25(31)32/h1-11,13H,12,14H2,(H,27,30)(H,31,32). The Morgan fingerprint density at radius 3 is 2.64 bits per heavy atom. The maximum atomic E-state index is 13.2. The van der Waals surface area contributed by atoms with Gasteiger partial charge in [0, 0.05) is 35.1 Å². The predicted molar refractivity (Wildman–Crippen MR) is 125 cm³/mol. The van der Waals surface area contributed by atoms with Crippen LogP contribution in [-0.4, -0.2) is 26.7 Å². The summed E-state index contributed by atoms with van der Waals surface area (Å²) in [4.78, 5) is 24.3. The van der Waals surface area contributed by atoms with Crippen LogP contribution < -0.4 is 5.32 Å². The lowest BCUT2D eigenvalue weighted by Crippen LogP contribution is -2.23. The molecule has 2 heterocycles.